The Balaban J connectivity index is 1.50. The van der Waals surface area contributed by atoms with E-state index in [0.29, 0.717) is 5.92 Å². The van der Waals surface area contributed by atoms with Gasteiger partial charge in [0.05, 0.1) is 23.1 Å². The number of imidazole rings is 1. The van der Waals surface area contributed by atoms with Crippen molar-refractivity contribution >= 4 is 11.3 Å². The zero-order valence-electron chi connectivity index (χ0n) is 14.6. The summed E-state index contributed by atoms with van der Waals surface area (Å²) >= 11 is 1.75. The average molecular weight is 354 g/mol. The normalized spacial score (nSPS) is 18.6. The highest BCUT2D eigenvalue weighted by Gasteiger charge is 2.24. The van der Waals surface area contributed by atoms with Crippen LogP contribution >= 0.6 is 11.3 Å². The third-order valence-corrected chi connectivity index (χ3v) is 5.65. The maximum absolute atomic E-state index is 4.84. The van der Waals surface area contributed by atoms with Crippen LogP contribution in [0.3, 0.4) is 0 Å². The van der Waals surface area contributed by atoms with Crippen LogP contribution in [-0.2, 0) is 6.54 Å². The molecule has 0 unspecified atom stereocenters. The SMILES string of the molecule is Cc1cnc(-c2cncc([C@@H]3CCCN(Cc4scnc4C)C3)n2)[nH]1. The van der Waals surface area contributed by atoms with E-state index in [4.69, 9.17) is 4.98 Å². The van der Waals surface area contributed by atoms with Gasteiger partial charge in [-0.15, -0.1) is 11.3 Å². The smallest absolute Gasteiger partial charge is 0.157 e. The highest BCUT2D eigenvalue weighted by atomic mass is 32.1. The van der Waals surface area contributed by atoms with Gasteiger partial charge in [0.2, 0.25) is 0 Å². The summed E-state index contributed by atoms with van der Waals surface area (Å²) in [6.45, 7) is 7.23. The first-order valence-electron chi connectivity index (χ1n) is 8.64. The lowest BCUT2D eigenvalue weighted by Gasteiger charge is -2.32. The monoisotopic (exact) mass is 354 g/mol. The van der Waals surface area contributed by atoms with E-state index in [2.05, 4.69) is 31.8 Å². The minimum absolute atomic E-state index is 0.422. The van der Waals surface area contributed by atoms with Gasteiger partial charge in [0.1, 0.15) is 5.69 Å². The lowest BCUT2D eigenvalue weighted by atomic mass is 9.95. The molecule has 6 nitrogen and oxygen atoms in total. The van der Waals surface area contributed by atoms with Crippen LogP contribution in [0.4, 0.5) is 0 Å². The largest absolute Gasteiger partial charge is 0.341 e. The van der Waals surface area contributed by atoms with Crippen LogP contribution in [0.1, 0.15) is 40.7 Å². The van der Waals surface area contributed by atoms with Gasteiger partial charge in [-0.1, -0.05) is 0 Å². The van der Waals surface area contributed by atoms with Crippen molar-refractivity contribution < 1.29 is 0 Å². The van der Waals surface area contributed by atoms with E-state index < -0.39 is 0 Å². The van der Waals surface area contributed by atoms with Crippen LogP contribution in [0.5, 0.6) is 0 Å². The van der Waals surface area contributed by atoms with Gasteiger partial charge in [-0.3, -0.25) is 9.88 Å². The lowest BCUT2D eigenvalue weighted by Crippen LogP contribution is -2.34. The Morgan fingerprint density at radius 2 is 2.16 bits per heavy atom. The number of hydrogen-bond acceptors (Lipinski definition) is 6. The standard InChI is InChI=1S/C18H22N6S/c1-12-6-20-18(22-12)16-8-19-7-15(23-16)14-4-3-5-24(9-14)10-17-13(2)21-11-25-17/h6-8,11,14H,3-5,9-10H2,1-2H3,(H,20,22)/t14-/m1/s1. The maximum atomic E-state index is 4.84. The van der Waals surface area contributed by atoms with Gasteiger partial charge in [0, 0.05) is 42.0 Å². The second-order valence-corrected chi connectivity index (χ2v) is 7.62. The van der Waals surface area contributed by atoms with E-state index in [1.807, 2.05) is 24.8 Å². The van der Waals surface area contributed by atoms with Gasteiger partial charge in [-0.05, 0) is 33.2 Å². The fraction of sp³-hybridized carbons (Fsp3) is 0.444. The Kier molecular flexibility index (Phi) is 4.59. The molecule has 1 aliphatic rings. The van der Waals surface area contributed by atoms with Crippen molar-refractivity contribution in [2.75, 3.05) is 13.1 Å². The van der Waals surface area contributed by atoms with Gasteiger partial charge in [-0.2, -0.15) is 0 Å². The molecule has 1 atom stereocenters. The highest BCUT2D eigenvalue weighted by Crippen LogP contribution is 2.28. The topological polar surface area (TPSA) is 70.6 Å². The second kappa shape index (κ2) is 7.01. The fourth-order valence-corrected chi connectivity index (χ4v) is 4.17. The number of nitrogens with zero attached hydrogens (tertiary/aromatic N) is 5. The summed E-state index contributed by atoms with van der Waals surface area (Å²) in [7, 11) is 0. The van der Waals surface area contributed by atoms with Gasteiger partial charge in [0.15, 0.2) is 5.82 Å². The van der Waals surface area contributed by atoms with Gasteiger partial charge in [-0.25, -0.2) is 15.0 Å². The van der Waals surface area contributed by atoms with Crippen molar-refractivity contribution in [3.05, 3.63) is 46.1 Å². The van der Waals surface area contributed by atoms with E-state index in [9.17, 15) is 0 Å². The number of thiazole rings is 1. The molecule has 1 aliphatic heterocycles. The third-order valence-electron chi connectivity index (χ3n) is 4.73. The predicted octanol–water partition coefficient (Wildman–Crippen LogP) is 3.32. The first-order chi connectivity index (χ1) is 12.2. The van der Waals surface area contributed by atoms with Crippen LogP contribution in [-0.4, -0.2) is 42.9 Å². The molecule has 25 heavy (non-hydrogen) atoms. The molecule has 130 valence electrons. The molecule has 0 aliphatic carbocycles. The summed E-state index contributed by atoms with van der Waals surface area (Å²) in [4.78, 5) is 25.1. The van der Waals surface area contributed by atoms with E-state index in [-0.39, 0.29) is 0 Å². The summed E-state index contributed by atoms with van der Waals surface area (Å²) in [6.07, 6.45) is 7.86. The number of rotatable bonds is 4. The molecule has 0 spiro atoms. The molecule has 0 amide bonds. The molecule has 0 saturated carbocycles. The number of aromatic nitrogens is 5. The minimum atomic E-state index is 0.422. The molecule has 0 aromatic carbocycles. The minimum Gasteiger partial charge on any atom is -0.341 e. The molecule has 3 aromatic heterocycles. The van der Waals surface area contributed by atoms with E-state index in [1.165, 1.54) is 11.3 Å². The molecule has 0 radical (unpaired) electrons. The van der Waals surface area contributed by atoms with E-state index >= 15 is 0 Å². The van der Waals surface area contributed by atoms with Crippen LogP contribution in [0.25, 0.3) is 11.5 Å². The maximum Gasteiger partial charge on any atom is 0.157 e. The molecule has 1 fully saturated rings. The first-order valence-corrected chi connectivity index (χ1v) is 9.52. The first kappa shape index (κ1) is 16.4. The molecule has 1 saturated heterocycles. The average Bonchev–Trinajstić information content (AvgIpc) is 3.24. The highest BCUT2D eigenvalue weighted by molar-refractivity contribution is 7.09. The lowest BCUT2D eigenvalue weighted by molar-refractivity contribution is 0.199. The van der Waals surface area contributed by atoms with Crippen molar-refractivity contribution in [2.45, 2.75) is 39.2 Å². The van der Waals surface area contributed by atoms with Crippen LogP contribution in [0, 0.1) is 13.8 Å². The number of hydrogen-bond donors (Lipinski definition) is 1. The van der Waals surface area contributed by atoms with Crippen LogP contribution in [0.15, 0.2) is 24.1 Å². The summed E-state index contributed by atoms with van der Waals surface area (Å²) in [5.41, 5.74) is 6.01. The molecule has 1 N–H and O–H groups in total. The zero-order chi connectivity index (χ0) is 17.2. The summed E-state index contributed by atoms with van der Waals surface area (Å²) in [6, 6.07) is 0. The second-order valence-electron chi connectivity index (χ2n) is 6.68. The van der Waals surface area contributed by atoms with Gasteiger partial charge >= 0.3 is 0 Å². The Morgan fingerprint density at radius 3 is 2.92 bits per heavy atom. The van der Waals surface area contributed by atoms with Crippen molar-refractivity contribution in [1.82, 2.24) is 29.8 Å². The van der Waals surface area contributed by atoms with Crippen molar-refractivity contribution in [3.8, 4) is 11.5 Å². The van der Waals surface area contributed by atoms with Gasteiger partial charge in [0.25, 0.3) is 0 Å². The number of H-pyrrole nitrogens is 1. The van der Waals surface area contributed by atoms with Crippen molar-refractivity contribution in [2.24, 2.45) is 0 Å². The number of piperidine rings is 1. The molecule has 4 rings (SSSR count). The van der Waals surface area contributed by atoms with Crippen molar-refractivity contribution in [3.63, 3.8) is 0 Å². The predicted molar refractivity (Wildman–Crippen MR) is 98.5 cm³/mol. The molecular weight excluding hydrogens is 332 g/mol. The van der Waals surface area contributed by atoms with E-state index in [1.54, 1.807) is 17.5 Å². The molecule has 4 heterocycles. The van der Waals surface area contributed by atoms with Crippen molar-refractivity contribution in [1.29, 1.82) is 0 Å². The van der Waals surface area contributed by atoms with Crippen LogP contribution in [0.2, 0.25) is 0 Å². The summed E-state index contributed by atoms with van der Waals surface area (Å²) < 4.78 is 0. The molecule has 0 bridgehead atoms. The third kappa shape index (κ3) is 3.62. The fourth-order valence-electron chi connectivity index (χ4n) is 3.36. The number of aryl methyl sites for hydroxylation is 2. The molecular formula is C18H22N6S. The Morgan fingerprint density at radius 1 is 1.24 bits per heavy atom. The Labute approximate surface area is 151 Å². The Hall–Kier alpha value is -2.12. The quantitative estimate of drug-likeness (QED) is 0.778. The number of nitrogens with one attached hydrogen (secondary N) is 1. The molecule has 7 heteroatoms. The van der Waals surface area contributed by atoms with Gasteiger partial charge < -0.3 is 4.98 Å². The van der Waals surface area contributed by atoms with E-state index in [0.717, 1.165) is 54.7 Å². The Bertz CT molecular complexity index is 855. The molecule has 3 aromatic rings. The summed E-state index contributed by atoms with van der Waals surface area (Å²) in [5.74, 6) is 1.21. The van der Waals surface area contributed by atoms with Crippen LogP contribution < -0.4 is 0 Å². The zero-order valence-corrected chi connectivity index (χ0v) is 15.4. The number of aromatic amines is 1. The summed E-state index contributed by atoms with van der Waals surface area (Å²) in [5, 5.41) is 0. The number of likely N-dealkylation sites (tertiary alicyclic amines) is 1.